The van der Waals surface area contributed by atoms with Crippen LogP contribution in [-0.2, 0) is 16.3 Å². The van der Waals surface area contributed by atoms with Crippen LogP contribution in [0.5, 0.6) is 0 Å². The molecule has 0 unspecified atom stereocenters. The fourth-order valence-corrected chi connectivity index (χ4v) is 3.10. The first-order valence-corrected chi connectivity index (χ1v) is 8.22. The van der Waals surface area contributed by atoms with Crippen molar-refractivity contribution in [3.63, 3.8) is 0 Å². The van der Waals surface area contributed by atoms with E-state index >= 15 is 0 Å². The summed E-state index contributed by atoms with van der Waals surface area (Å²) in [4.78, 5) is 3.07. The summed E-state index contributed by atoms with van der Waals surface area (Å²) in [5.74, 6) is 4.90. The van der Waals surface area contributed by atoms with Crippen LogP contribution in [0, 0.1) is 20.8 Å². The van der Waals surface area contributed by atoms with Gasteiger partial charge in [0.1, 0.15) is 0 Å². The van der Waals surface area contributed by atoms with E-state index in [1.165, 1.54) is 0 Å². The van der Waals surface area contributed by atoms with Crippen molar-refractivity contribution in [1.29, 1.82) is 0 Å². The fraction of sp³-hybridized carbons (Fsp3) is 0.286. The van der Waals surface area contributed by atoms with Crippen LogP contribution in [0.2, 0.25) is 0 Å². The van der Waals surface area contributed by atoms with Gasteiger partial charge in [-0.3, -0.25) is 10.4 Å². The molecule has 0 bridgehead atoms. The topological polar surface area (TPSA) is 123 Å². The Balaban J connectivity index is 0.000000251. The van der Waals surface area contributed by atoms with Gasteiger partial charge >= 0.3 is 6.18 Å². The van der Waals surface area contributed by atoms with Gasteiger partial charge < -0.3 is 5.73 Å². The first-order valence-electron chi connectivity index (χ1n) is 6.78. The van der Waals surface area contributed by atoms with Gasteiger partial charge in [-0.1, -0.05) is 17.7 Å². The van der Waals surface area contributed by atoms with Crippen LogP contribution in [0.3, 0.4) is 0 Å². The first kappa shape index (κ1) is 20.6. The maximum Gasteiger partial charge on any atom is 0.449 e. The summed E-state index contributed by atoms with van der Waals surface area (Å²) in [6, 6.07) is 4.13. The van der Waals surface area contributed by atoms with Gasteiger partial charge in [-0.2, -0.15) is 21.6 Å². The van der Waals surface area contributed by atoms with Gasteiger partial charge in [0.05, 0.1) is 11.0 Å². The number of benzene rings is 1. The third-order valence-electron chi connectivity index (χ3n) is 3.06. The van der Waals surface area contributed by atoms with E-state index in [9.17, 15) is 21.6 Å². The number of alkyl halides is 3. The summed E-state index contributed by atoms with van der Waals surface area (Å²) in [6.45, 7) is 5.22. The van der Waals surface area contributed by atoms with Crippen LogP contribution in [0.25, 0.3) is 0 Å². The van der Waals surface area contributed by atoms with Crippen molar-refractivity contribution in [2.45, 2.75) is 31.8 Å². The number of halogens is 3. The number of nitrogen functional groups attached to an aromatic ring is 2. The molecule has 1 heterocycles. The Kier molecular flexibility index (Phi) is 5.97. The molecule has 11 heteroatoms. The van der Waals surface area contributed by atoms with Crippen molar-refractivity contribution < 1.29 is 30.8 Å². The molecule has 2 aromatic rings. The minimum absolute atomic E-state index is 0.0260. The van der Waals surface area contributed by atoms with E-state index in [0.717, 1.165) is 16.6 Å². The molecule has 0 atom stereocenters. The molecular formula is C14H18F3N4O3S+. The number of nitrogens with two attached hydrogens (primary N) is 2. The fourth-order valence-electron chi connectivity index (χ4n) is 2.17. The lowest BCUT2D eigenvalue weighted by Gasteiger charge is -2.07. The van der Waals surface area contributed by atoms with Gasteiger partial charge in [0.2, 0.25) is 17.8 Å². The first-order chi connectivity index (χ1) is 11.2. The molecule has 25 heavy (non-hydrogen) atoms. The summed E-state index contributed by atoms with van der Waals surface area (Å²) < 4.78 is 67.4. The van der Waals surface area contributed by atoms with Crippen LogP contribution in [0.4, 0.5) is 19.0 Å². The van der Waals surface area contributed by atoms with Crippen LogP contribution in [-0.4, -0.2) is 18.0 Å². The summed E-state index contributed by atoms with van der Waals surface area (Å²) in [5, 5.41) is 0. The predicted molar refractivity (Wildman–Crippen MR) is 84.5 cm³/mol. The molecule has 0 aliphatic heterocycles. The summed E-state index contributed by atoms with van der Waals surface area (Å²) in [7, 11) is -4.08. The highest BCUT2D eigenvalue weighted by molar-refractivity contribution is 7.86. The third kappa shape index (κ3) is 5.57. The molecule has 2 rings (SSSR count). The number of hydrogen-bond donors (Lipinski definition) is 3. The van der Waals surface area contributed by atoms with Crippen LogP contribution < -0.4 is 16.3 Å². The smallest absolute Gasteiger partial charge is 0.317 e. The second kappa shape index (κ2) is 7.23. The summed E-state index contributed by atoms with van der Waals surface area (Å²) >= 11 is 0. The Morgan fingerprint density at radius 2 is 1.60 bits per heavy atom. The number of nitrogens with zero attached hydrogens (tertiary/aromatic N) is 2. The van der Waals surface area contributed by atoms with Crippen molar-refractivity contribution in [2.75, 3.05) is 11.6 Å². The second-order valence-corrected chi connectivity index (χ2v) is 6.67. The molecule has 0 saturated heterocycles. The quantitative estimate of drug-likeness (QED) is 0.392. The highest BCUT2D eigenvalue weighted by Crippen LogP contribution is 2.27. The summed E-state index contributed by atoms with van der Waals surface area (Å²) in [6.07, 6.45) is -3.68. The van der Waals surface area contributed by atoms with Gasteiger partial charge in [-0.25, -0.2) is 0 Å². The van der Waals surface area contributed by atoms with E-state index in [2.05, 4.69) is 4.98 Å². The molecule has 0 saturated carbocycles. The normalized spacial score (nSPS) is 11.6. The number of rotatable bonds is 1. The average molecular weight is 379 g/mol. The van der Waals surface area contributed by atoms with Gasteiger partial charge in [-0.05, 0) is 31.9 Å². The Hall–Kier alpha value is -2.40. The lowest BCUT2D eigenvalue weighted by atomic mass is 10.1. The van der Waals surface area contributed by atoms with E-state index in [-0.39, 0.29) is 10.7 Å². The van der Waals surface area contributed by atoms with Crippen molar-refractivity contribution >= 4 is 15.9 Å². The Morgan fingerprint density at radius 3 is 1.96 bits per heavy atom. The van der Waals surface area contributed by atoms with E-state index in [1.54, 1.807) is 26.0 Å². The van der Waals surface area contributed by atoms with Gasteiger partial charge in [-0.15, -0.1) is 9.66 Å². The number of anilines is 1. The highest BCUT2D eigenvalue weighted by Gasteiger charge is 2.36. The number of aryl methyl sites for hydroxylation is 3. The van der Waals surface area contributed by atoms with E-state index in [4.69, 9.17) is 16.1 Å². The zero-order valence-electron chi connectivity index (χ0n) is 13.7. The summed E-state index contributed by atoms with van der Waals surface area (Å²) in [5.41, 5.74) is 6.22. The molecule has 0 aliphatic rings. The van der Waals surface area contributed by atoms with E-state index < -0.39 is 22.0 Å². The third-order valence-corrected chi connectivity index (χ3v) is 4.22. The molecule has 0 aliphatic carbocycles. The molecule has 0 fully saturated rings. The Morgan fingerprint density at radius 1 is 1.12 bits per heavy atom. The molecule has 0 radical (unpaired) electrons. The lowest BCUT2D eigenvalue weighted by molar-refractivity contribution is -0.627. The van der Waals surface area contributed by atoms with Crippen LogP contribution in [0.1, 0.15) is 22.4 Å². The van der Waals surface area contributed by atoms with E-state index in [1.807, 2.05) is 6.92 Å². The molecule has 138 valence electrons. The molecule has 0 amide bonds. The zero-order chi connectivity index (χ0) is 19.6. The van der Waals surface area contributed by atoms with Crippen LogP contribution in [0.15, 0.2) is 29.4 Å². The van der Waals surface area contributed by atoms with Crippen molar-refractivity contribution in [3.8, 4) is 0 Å². The second-order valence-electron chi connectivity index (χ2n) is 5.31. The standard InChI is InChI=1S/C9H12O3S.C5H5F3N4/c1-6-4-7(2)9(8(3)5-6)13(10,11)12;6-5(7,8)3-1-4(9)12(10)2-11-3/h4-5H,1-3H3,(H,10,11,12);1-2,9H,10H2/p+1. The Labute approximate surface area is 142 Å². The average Bonchev–Trinajstić information content (AvgIpc) is 2.38. The molecule has 1 aromatic heterocycles. The highest BCUT2D eigenvalue weighted by atomic mass is 32.2. The predicted octanol–water partition coefficient (Wildman–Crippen LogP) is 1.54. The van der Waals surface area contributed by atoms with Crippen molar-refractivity contribution in [1.82, 2.24) is 4.98 Å². The zero-order valence-corrected chi connectivity index (χ0v) is 14.5. The van der Waals surface area contributed by atoms with E-state index in [0.29, 0.717) is 17.2 Å². The molecular weight excluding hydrogens is 361 g/mol. The van der Waals surface area contributed by atoms with Gasteiger partial charge in [0.15, 0.2) is 0 Å². The lowest BCUT2D eigenvalue weighted by Crippen LogP contribution is -2.47. The molecule has 5 N–H and O–H groups in total. The molecule has 1 aromatic carbocycles. The molecule has 7 nitrogen and oxygen atoms in total. The largest absolute Gasteiger partial charge is 0.449 e. The SMILES string of the molecule is Cc1cc(C)c(S(=O)(=O)O)c(C)c1.Nc1cc(C(F)(F)F)nc[n+]1N. The van der Waals surface area contributed by atoms with Gasteiger partial charge in [0.25, 0.3) is 10.1 Å². The monoisotopic (exact) mass is 379 g/mol. The molecule has 0 spiro atoms. The number of hydrogen-bond acceptors (Lipinski definition) is 5. The Bertz CT molecular complexity index is 860. The number of aromatic nitrogens is 2. The maximum absolute atomic E-state index is 11.9. The van der Waals surface area contributed by atoms with Crippen molar-refractivity contribution in [2.24, 2.45) is 0 Å². The van der Waals surface area contributed by atoms with Crippen LogP contribution >= 0.6 is 0 Å². The van der Waals surface area contributed by atoms with Gasteiger partial charge in [0, 0.05) is 0 Å². The van der Waals surface area contributed by atoms with Crippen molar-refractivity contribution in [3.05, 3.63) is 46.9 Å². The minimum atomic E-state index is -4.48. The minimum Gasteiger partial charge on any atom is -0.317 e. The maximum atomic E-state index is 11.9.